The Balaban J connectivity index is 1.73. The smallest absolute Gasteiger partial charge is 0.264 e. The van der Waals surface area contributed by atoms with Crippen molar-refractivity contribution in [3.05, 3.63) is 78.9 Å². The number of ether oxygens (including phenoxy) is 2. The van der Waals surface area contributed by atoms with E-state index >= 15 is 0 Å². The summed E-state index contributed by atoms with van der Waals surface area (Å²) in [4.78, 5) is 0.414. The fourth-order valence-electron chi connectivity index (χ4n) is 3.04. The molecule has 7 nitrogen and oxygen atoms in total. The predicted molar refractivity (Wildman–Crippen MR) is 124 cm³/mol. The second-order valence-electron chi connectivity index (χ2n) is 7.03. The Morgan fingerprint density at radius 1 is 0.750 bits per heavy atom. The largest absolute Gasteiger partial charge is 0.497 e. The van der Waals surface area contributed by atoms with E-state index in [0.717, 1.165) is 6.26 Å². The molecule has 0 aliphatic rings. The van der Waals surface area contributed by atoms with Crippen molar-refractivity contribution in [3.63, 3.8) is 0 Å². The van der Waals surface area contributed by atoms with Crippen molar-refractivity contribution >= 4 is 25.5 Å². The first kappa shape index (κ1) is 23.6. The predicted octanol–water partition coefficient (Wildman–Crippen LogP) is 3.76. The van der Waals surface area contributed by atoms with Crippen LogP contribution in [0.2, 0.25) is 0 Å². The molecule has 9 heteroatoms. The third-order valence-electron chi connectivity index (χ3n) is 4.72. The molecule has 0 atom stereocenters. The Morgan fingerprint density at radius 3 is 1.91 bits per heavy atom. The van der Waals surface area contributed by atoms with Gasteiger partial charge in [-0.05, 0) is 60.7 Å². The highest BCUT2D eigenvalue weighted by Gasteiger charge is 2.24. The summed E-state index contributed by atoms with van der Waals surface area (Å²) in [6.07, 6.45) is 1.57. The Morgan fingerprint density at radius 2 is 1.34 bits per heavy atom. The fourth-order valence-corrected chi connectivity index (χ4v) is 5.19. The maximum Gasteiger partial charge on any atom is 0.264 e. The van der Waals surface area contributed by atoms with Crippen LogP contribution in [0.25, 0.3) is 0 Å². The zero-order valence-corrected chi connectivity index (χ0v) is 19.5. The molecule has 0 bridgehead atoms. The van der Waals surface area contributed by atoms with Crippen LogP contribution in [0.1, 0.15) is 6.42 Å². The highest BCUT2D eigenvalue weighted by Crippen LogP contribution is 2.26. The average Bonchev–Trinajstić information content (AvgIpc) is 2.79. The number of benzene rings is 3. The van der Waals surface area contributed by atoms with Crippen molar-refractivity contribution < 1.29 is 26.3 Å². The van der Waals surface area contributed by atoms with Crippen molar-refractivity contribution in [3.8, 4) is 11.5 Å². The summed E-state index contributed by atoms with van der Waals surface area (Å²) in [5.41, 5.74) is 0.521. The van der Waals surface area contributed by atoms with Crippen molar-refractivity contribution in [1.29, 1.82) is 0 Å². The van der Waals surface area contributed by atoms with E-state index in [-0.39, 0.29) is 22.9 Å². The van der Waals surface area contributed by atoms with Gasteiger partial charge in [-0.3, -0.25) is 4.31 Å². The molecule has 0 heterocycles. The Kier molecular flexibility index (Phi) is 7.42. The number of hydrogen-bond donors (Lipinski definition) is 0. The number of methoxy groups -OCH3 is 1. The first-order chi connectivity index (χ1) is 15.2. The van der Waals surface area contributed by atoms with Crippen LogP contribution in [-0.2, 0) is 19.9 Å². The monoisotopic (exact) mass is 475 g/mol. The zero-order valence-electron chi connectivity index (χ0n) is 17.8. The lowest BCUT2D eigenvalue weighted by molar-refractivity contribution is 0.313. The summed E-state index contributed by atoms with van der Waals surface area (Å²) in [5, 5.41) is 0. The van der Waals surface area contributed by atoms with Gasteiger partial charge in [-0.1, -0.05) is 18.2 Å². The Hall–Kier alpha value is -3.04. The molecular formula is C23H25NO6S2. The molecule has 0 fully saturated rings. The summed E-state index contributed by atoms with van der Waals surface area (Å²) in [6.45, 7) is 0.458. The topological polar surface area (TPSA) is 90.0 Å². The van der Waals surface area contributed by atoms with Gasteiger partial charge < -0.3 is 9.47 Å². The lowest BCUT2D eigenvalue weighted by Gasteiger charge is -2.25. The number of sulfonamides is 1. The quantitative estimate of drug-likeness (QED) is 0.415. The van der Waals surface area contributed by atoms with E-state index in [1.165, 1.54) is 16.4 Å². The number of sulfone groups is 1. The van der Waals surface area contributed by atoms with Gasteiger partial charge in [0.15, 0.2) is 9.84 Å². The molecule has 0 unspecified atom stereocenters. The fraction of sp³-hybridized carbons (Fsp3) is 0.217. The van der Waals surface area contributed by atoms with Crippen molar-refractivity contribution in [1.82, 2.24) is 0 Å². The molecule has 32 heavy (non-hydrogen) atoms. The lowest BCUT2D eigenvalue weighted by Crippen LogP contribution is -2.32. The van der Waals surface area contributed by atoms with E-state index in [9.17, 15) is 16.8 Å². The van der Waals surface area contributed by atoms with E-state index in [4.69, 9.17) is 9.47 Å². The number of nitrogens with zero attached hydrogens (tertiary/aromatic N) is 1. The molecule has 0 aromatic heterocycles. The van der Waals surface area contributed by atoms with Crippen LogP contribution in [0.15, 0.2) is 88.7 Å². The molecule has 3 aromatic carbocycles. The van der Waals surface area contributed by atoms with Crippen molar-refractivity contribution in [2.45, 2.75) is 16.2 Å². The van der Waals surface area contributed by atoms with E-state index in [0.29, 0.717) is 23.6 Å². The van der Waals surface area contributed by atoms with E-state index < -0.39 is 19.9 Å². The molecule has 0 radical (unpaired) electrons. The molecule has 0 N–H and O–H groups in total. The van der Waals surface area contributed by atoms with E-state index in [1.807, 2.05) is 0 Å². The molecule has 0 saturated carbocycles. The maximum absolute atomic E-state index is 13.3. The minimum absolute atomic E-state index is 0.199. The van der Waals surface area contributed by atoms with Gasteiger partial charge in [0.25, 0.3) is 10.0 Å². The molecule has 3 rings (SSSR count). The van der Waals surface area contributed by atoms with Crippen LogP contribution in [0.4, 0.5) is 5.69 Å². The maximum atomic E-state index is 13.3. The van der Waals surface area contributed by atoms with Gasteiger partial charge in [0, 0.05) is 19.2 Å². The third-order valence-corrected chi connectivity index (χ3v) is 7.69. The minimum atomic E-state index is -3.77. The SMILES string of the molecule is COc1ccc(N(CCCOc2ccc(S(C)(=O)=O)cc2)S(=O)(=O)c2ccccc2)cc1. The number of anilines is 1. The summed E-state index contributed by atoms with van der Waals surface area (Å²) in [5.74, 6) is 1.14. The summed E-state index contributed by atoms with van der Waals surface area (Å²) < 4.78 is 61.9. The lowest BCUT2D eigenvalue weighted by atomic mass is 10.3. The van der Waals surface area contributed by atoms with Crippen molar-refractivity contribution in [2.24, 2.45) is 0 Å². The minimum Gasteiger partial charge on any atom is -0.497 e. The number of rotatable bonds is 10. The highest BCUT2D eigenvalue weighted by molar-refractivity contribution is 7.92. The molecule has 0 aliphatic heterocycles. The number of hydrogen-bond acceptors (Lipinski definition) is 6. The van der Waals surface area contributed by atoms with Gasteiger partial charge in [0.1, 0.15) is 11.5 Å². The average molecular weight is 476 g/mol. The van der Waals surface area contributed by atoms with E-state index in [2.05, 4.69) is 0 Å². The third kappa shape index (κ3) is 5.80. The molecule has 3 aromatic rings. The first-order valence-electron chi connectivity index (χ1n) is 9.86. The van der Waals surface area contributed by atoms with Gasteiger partial charge in [-0.25, -0.2) is 16.8 Å². The molecule has 0 spiro atoms. The van der Waals surface area contributed by atoms with E-state index in [1.54, 1.807) is 73.8 Å². The van der Waals surface area contributed by atoms with Crippen LogP contribution in [0, 0.1) is 0 Å². The van der Waals surface area contributed by atoms with Gasteiger partial charge in [-0.15, -0.1) is 0 Å². The summed E-state index contributed by atoms with van der Waals surface area (Å²) >= 11 is 0. The second-order valence-corrected chi connectivity index (χ2v) is 10.9. The van der Waals surface area contributed by atoms with Crippen LogP contribution < -0.4 is 13.8 Å². The summed E-state index contributed by atoms with van der Waals surface area (Å²) in [6, 6.07) is 21.2. The van der Waals surface area contributed by atoms with Gasteiger partial charge in [0.05, 0.1) is 29.2 Å². The molecule has 0 amide bonds. The second kappa shape index (κ2) is 10.1. The van der Waals surface area contributed by atoms with Gasteiger partial charge >= 0.3 is 0 Å². The summed E-state index contributed by atoms with van der Waals surface area (Å²) in [7, 11) is -5.49. The standard InChI is InChI=1S/C23H25NO6S2/c1-29-20-11-9-19(10-12-20)24(32(27,28)23-7-4-3-5-8-23)17-6-18-30-21-13-15-22(16-14-21)31(2,25)26/h3-5,7-16H,6,17-18H2,1-2H3. The zero-order chi connectivity index (χ0) is 23.2. The Bertz CT molecular complexity index is 1220. The molecular weight excluding hydrogens is 450 g/mol. The van der Waals surface area contributed by atoms with Gasteiger partial charge in [-0.2, -0.15) is 0 Å². The molecule has 0 aliphatic carbocycles. The Labute approximate surface area is 189 Å². The van der Waals surface area contributed by atoms with Crippen molar-refractivity contribution in [2.75, 3.05) is 30.8 Å². The molecule has 0 saturated heterocycles. The van der Waals surface area contributed by atoms with Crippen LogP contribution in [-0.4, -0.2) is 43.4 Å². The first-order valence-corrected chi connectivity index (χ1v) is 13.2. The van der Waals surface area contributed by atoms with Crippen LogP contribution >= 0.6 is 0 Å². The normalized spacial score (nSPS) is 11.7. The van der Waals surface area contributed by atoms with Crippen LogP contribution in [0.3, 0.4) is 0 Å². The van der Waals surface area contributed by atoms with Gasteiger partial charge in [0.2, 0.25) is 0 Å². The highest BCUT2D eigenvalue weighted by atomic mass is 32.2. The van der Waals surface area contributed by atoms with Crippen LogP contribution in [0.5, 0.6) is 11.5 Å². The molecule has 170 valence electrons.